The second-order valence-corrected chi connectivity index (χ2v) is 4.43. The van der Waals surface area contributed by atoms with E-state index < -0.39 is 0 Å². The third kappa shape index (κ3) is 1.57. The van der Waals surface area contributed by atoms with Crippen molar-refractivity contribution >= 4 is 5.91 Å². The van der Waals surface area contributed by atoms with Gasteiger partial charge in [0.05, 0.1) is 0 Å². The first-order valence-corrected chi connectivity index (χ1v) is 5.22. The summed E-state index contributed by atoms with van der Waals surface area (Å²) in [6.45, 7) is 5.30. The highest BCUT2D eigenvalue weighted by Gasteiger charge is 2.38. The summed E-state index contributed by atoms with van der Waals surface area (Å²) >= 11 is 0. The number of carbonyl (C=O) groups is 1. The Morgan fingerprint density at radius 3 is 2.77 bits per heavy atom. The summed E-state index contributed by atoms with van der Waals surface area (Å²) in [7, 11) is 0. The number of hydrogen-bond donors (Lipinski definition) is 1. The molecule has 2 rings (SSSR count). The summed E-state index contributed by atoms with van der Waals surface area (Å²) in [6, 6.07) is 1.68. The Balaban J connectivity index is 2.15. The van der Waals surface area contributed by atoms with Gasteiger partial charge in [0.2, 0.25) is 5.91 Å². The molecule has 0 saturated carbocycles. The summed E-state index contributed by atoms with van der Waals surface area (Å²) in [4.78, 5) is 13.8. The Kier molecular flexibility index (Phi) is 2.28. The molecule has 2 fully saturated rings. The van der Waals surface area contributed by atoms with E-state index >= 15 is 0 Å². The first kappa shape index (κ1) is 9.00. The Labute approximate surface area is 79.5 Å². The molecule has 1 amide bonds. The summed E-state index contributed by atoms with van der Waals surface area (Å²) in [5, 5.41) is 2.98. The second-order valence-electron chi connectivity index (χ2n) is 4.43. The van der Waals surface area contributed by atoms with Crippen LogP contribution in [0.15, 0.2) is 0 Å². The Morgan fingerprint density at radius 2 is 2.08 bits per heavy atom. The van der Waals surface area contributed by atoms with Gasteiger partial charge in [0.25, 0.3) is 0 Å². The van der Waals surface area contributed by atoms with E-state index in [9.17, 15) is 4.79 Å². The molecule has 0 spiro atoms. The van der Waals surface area contributed by atoms with Crippen LogP contribution in [0.25, 0.3) is 0 Å². The molecule has 74 valence electrons. The van der Waals surface area contributed by atoms with E-state index in [1.165, 1.54) is 12.8 Å². The van der Waals surface area contributed by atoms with Crippen molar-refractivity contribution in [1.82, 2.24) is 10.2 Å². The van der Waals surface area contributed by atoms with Gasteiger partial charge in [-0.1, -0.05) is 0 Å². The zero-order valence-electron chi connectivity index (χ0n) is 8.42. The van der Waals surface area contributed by atoms with Crippen molar-refractivity contribution in [3.63, 3.8) is 0 Å². The molecule has 3 heteroatoms. The van der Waals surface area contributed by atoms with Gasteiger partial charge in [-0.2, -0.15) is 0 Å². The smallest absolute Gasteiger partial charge is 0.221 e. The van der Waals surface area contributed by atoms with Crippen LogP contribution in [0.1, 0.15) is 33.1 Å². The van der Waals surface area contributed by atoms with Gasteiger partial charge >= 0.3 is 0 Å². The number of amides is 1. The van der Waals surface area contributed by atoms with Crippen molar-refractivity contribution in [2.75, 3.05) is 6.54 Å². The fourth-order valence-electron chi connectivity index (χ4n) is 2.76. The molecule has 2 bridgehead atoms. The number of nitrogens with zero attached hydrogens (tertiary/aromatic N) is 1. The molecule has 2 atom stereocenters. The summed E-state index contributed by atoms with van der Waals surface area (Å²) in [5.41, 5.74) is 0. The third-order valence-corrected chi connectivity index (χ3v) is 3.23. The number of rotatable bonds is 1. The van der Waals surface area contributed by atoms with E-state index in [-0.39, 0.29) is 5.91 Å². The predicted molar refractivity (Wildman–Crippen MR) is 51.4 cm³/mol. The first-order valence-electron chi connectivity index (χ1n) is 5.22. The van der Waals surface area contributed by atoms with E-state index in [0.717, 1.165) is 6.54 Å². The molecule has 2 saturated heterocycles. The van der Waals surface area contributed by atoms with Crippen LogP contribution in [-0.4, -0.2) is 35.5 Å². The van der Waals surface area contributed by atoms with E-state index in [1.54, 1.807) is 0 Å². The highest BCUT2D eigenvalue weighted by atomic mass is 16.1. The lowest BCUT2D eigenvalue weighted by molar-refractivity contribution is -0.121. The van der Waals surface area contributed by atoms with Crippen molar-refractivity contribution < 1.29 is 4.79 Å². The van der Waals surface area contributed by atoms with Gasteiger partial charge in [0.15, 0.2) is 0 Å². The van der Waals surface area contributed by atoms with Crippen molar-refractivity contribution in [2.24, 2.45) is 0 Å². The minimum Gasteiger partial charge on any atom is -0.354 e. The quantitative estimate of drug-likeness (QED) is 0.649. The normalized spacial score (nSPS) is 34.8. The number of nitrogens with one attached hydrogen (secondary N) is 1. The van der Waals surface area contributed by atoms with Crippen LogP contribution >= 0.6 is 0 Å². The van der Waals surface area contributed by atoms with Gasteiger partial charge < -0.3 is 5.32 Å². The SMILES string of the molecule is CC(C)N1[C@@H]2CC[C@@H]1CC(=O)NC2. The monoisotopic (exact) mass is 182 g/mol. The van der Waals surface area contributed by atoms with Crippen LogP contribution in [0.2, 0.25) is 0 Å². The van der Waals surface area contributed by atoms with Gasteiger partial charge in [-0.15, -0.1) is 0 Å². The first-order chi connectivity index (χ1) is 6.18. The van der Waals surface area contributed by atoms with E-state index in [0.29, 0.717) is 24.5 Å². The zero-order valence-corrected chi connectivity index (χ0v) is 8.42. The minimum absolute atomic E-state index is 0.234. The number of hydrogen-bond acceptors (Lipinski definition) is 2. The van der Waals surface area contributed by atoms with E-state index in [1.807, 2.05) is 0 Å². The maximum atomic E-state index is 11.3. The summed E-state index contributed by atoms with van der Waals surface area (Å²) in [5.74, 6) is 0.234. The molecule has 3 nitrogen and oxygen atoms in total. The Morgan fingerprint density at radius 1 is 1.38 bits per heavy atom. The fourth-order valence-corrected chi connectivity index (χ4v) is 2.76. The Hall–Kier alpha value is -0.570. The van der Waals surface area contributed by atoms with Gasteiger partial charge in [-0.3, -0.25) is 9.69 Å². The van der Waals surface area contributed by atoms with Crippen LogP contribution < -0.4 is 5.32 Å². The third-order valence-electron chi connectivity index (χ3n) is 3.23. The molecule has 2 heterocycles. The molecule has 0 aromatic carbocycles. The van der Waals surface area contributed by atoms with Crippen LogP contribution in [0, 0.1) is 0 Å². The van der Waals surface area contributed by atoms with Gasteiger partial charge in [0, 0.05) is 31.1 Å². The maximum absolute atomic E-state index is 11.3. The van der Waals surface area contributed by atoms with Crippen molar-refractivity contribution in [2.45, 2.75) is 51.2 Å². The lowest BCUT2D eigenvalue weighted by Crippen LogP contribution is -2.42. The average Bonchev–Trinajstić information content (AvgIpc) is 2.34. The lowest BCUT2D eigenvalue weighted by atomic mass is 10.1. The lowest BCUT2D eigenvalue weighted by Gasteiger charge is -2.30. The molecule has 0 radical (unpaired) electrons. The largest absolute Gasteiger partial charge is 0.354 e. The molecule has 0 unspecified atom stereocenters. The van der Waals surface area contributed by atoms with Gasteiger partial charge in [-0.05, 0) is 26.7 Å². The zero-order chi connectivity index (χ0) is 9.42. The van der Waals surface area contributed by atoms with Crippen molar-refractivity contribution in [1.29, 1.82) is 0 Å². The standard InChI is InChI=1S/C10H18N2O/c1-7(2)12-8-3-4-9(12)6-11-10(13)5-8/h7-9H,3-6H2,1-2H3,(H,11,13)/t8-,9-/m1/s1. The summed E-state index contributed by atoms with van der Waals surface area (Å²) < 4.78 is 0. The Bertz CT molecular complexity index is 215. The van der Waals surface area contributed by atoms with Crippen LogP contribution in [0.4, 0.5) is 0 Å². The molecule has 2 aliphatic rings. The van der Waals surface area contributed by atoms with Crippen LogP contribution in [0.5, 0.6) is 0 Å². The molecular weight excluding hydrogens is 164 g/mol. The summed E-state index contributed by atoms with van der Waals surface area (Å²) in [6.07, 6.45) is 3.16. The average molecular weight is 182 g/mol. The van der Waals surface area contributed by atoms with Crippen molar-refractivity contribution in [3.05, 3.63) is 0 Å². The number of carbonyl (C=O) groups excluding carboxylic acids is 1. The predicted octanol–water partition coefficient (Wildman–Crippen LogP) is 0.748. The molecule has 0 aromatic rings. The molecule has 0 aromatic heterocycles. The van der Waals surface area contributed by atoms with Gasteiger partial charge in [-0.25, -0.2) is 0 Å². The number of fused-ring (bicyclic) bond motifs is 2. The molecular formula is C10H18N2O. The highest BCUT2D eigenvalue weighted by Crippen LogP contribution is 2.29. The van der Waals surface area contributed by atoms with E-state index in [2.05, 4.69) is 24.1 Å². The molecule has 13 heavy (non-hydrogen) atoms. The fraction of sp³-hybridized carbons (Fsp3) is 0.900. The topological polar surface area (TPSA) is 32.3 Å². The van der Waals surface area contributed by atoms with Crippen molar-refractivity contribution in [3.8, 4) is 0 Å². The minimum atomic E-state index is 0.234. The van der Waals surface area contributed by atoms with Crippen LogP contribution in [0.3, 0.4) is 0 Å². The van der Waals surface area contributed by atoms with E-state index in [4.69, 9.17) is 0 Å². The highest BCUT2D eigenvalue weighted by molar-refractivity contribution is 5.77. The molecule has 1 N–H and O–H groups in total. The van der Waals surface area contributed by atoms with Gasteiger partial charge in [0.1, 0.15) is 0 Å². The molecule has 0 aliphatic carbocycles. The maximum Gasteiger partial charge on any atom is 0.221 e. The molecule has 2 aliphatic heterocycles. The van der Waals surface area contributed by atoms with Crippen LogP contribution in [-0.2, 0) is 4.79 Å². The second kappa shape index (κ2) is 3.29.